The third-order valence-electron chi connectivity index (χ3n) is 2.38. The van der Waals surface area contributed by atoms with Crippen molar-refractivity contribution in [2.75, 3.05) is 12.4 Å². The van der Waals surface area contributed by atoms with Crippen molar-refractivity contribution >= 4 is 17.7 Å². The zero-order valence-electron chi connectivity index (χ0n) is 12.2. The summed E-state index contributed by atoms with van der Waals surface area (Å²) in [6.07, 6.45) is -0.0471. The van der Waals surface area contributed by atoms with E-state index in [1.54, 1.807) is 7.05 Å². The molecule has 0 saturated carbocycles. The van der Waals surface area contributed by atoms with Crippen LogP contribution in [0.4, 0.5) is 5.95 Å². The maximum atomic E-state index is 11.5. The van der Waals surface area contributed by atoms with Gasteiger partial charge in [0.2, 0.25) is 11.1 Å². The average molecular weight is 311 g/mol. The van der Waals surface area contributed by atoms with Crippen molar-refractivity contribution in [2.24, 2.45) is 0 Å². The lowest BCUT2D eigenvalue weighted by Crippen LogP contribution is -2.16. The van der Waals surface area contributed by atoms with Crippen LogP contribution in [-0.2, 0) is 6.54 Å². The van der Waals surface area contributed by atoms with E-state index in [9.17, 15) is 4.79 Å². The molecule has 0 aliphatic heterocycles. The van der Waals surface area contributed by atoms with Crippen LogP contribution in [0, 0.1) is 0 Å². The number of nitrogens with zero attached hydrogens (tertiary/aromatic N) is 5. The highest BCUT2D eigenvalue weighted by Gasteiger charge is 2.14. The van der Waals surface area contributed by atoms with Crippen LogP contribution in [-0.4, -0.2) is 42.9 Å². The van der Waals surface area contributed by atoms with Gasteiger partial charge < -0.3 is 10.1 Å². The third kappa shape index (κ3) is 3.72. The highest BCUT2D eigenvalue weighted by atomic mass is 32.2. The van der Waals surface area contributed by atoms with Gasteiger partial charge >= 0.3 is 11.7 Å². The van der Waals surface area contributed by atoms with E-state index in [1.165, 1.54) is 16.3 Å². The Balaban J connectivity index is 2.32. The van der Waals surface area contributed by atoms with Gasteiger partial charge in [-0.05, 0) is 32.5 Å². The first-order valence-electron chi connectivity index (χ1n) is 6.47. The number of H-pyrrole nitrogens is 1. The number of aromatic amines is 1. The van der Waals surface area contributed by atoms with Gasteiger partial charge in [-0.3, -0.25) is 4.57 Å². The Hall–Kier alpha value is -2.10. The Kier molecular flexibility index (Phi) is 4.78. The van der Waals surface area contributed by atoms with Gasteiger partial charge in [0.25, 0.3) is 0 Å². The van der Waals surface area contributed by atoms with Crippen molar-refractivity contribution in [3.63, 3.8) is 0 Å². The third-order valence-corrected chi connectivity index (χ3v) is 3.24. The molecule has 2 rings (SSSR count). The van der Waals surface area contributed by atoms with Gasteiger partial charge in [0.1, 0.15) is 0 Å². The Morgan fingerprint density at radius 1 is 1.38 bits per heavy atom. The normalized spacial score (nSPS) is 10.9. The fourth-order valence-electron chi connectivity index (χ4n) is 1.50. The molecule has 0 bridgehead atoms. The van der Waals surface area contributed by atoms with Crippen LogP contribution in [0.15, 0.2) is 15.1 Å². The molecule has 0 aromatic carbocycles. The van der Waals surface area contributed by atoms with E-state index in [0.717, 1.165) is 0 Å². The summed E-state index contributed by atoms with van der Waals surface area (Å²) in [6.45, 7) is 6.15. The molecular formula is C11H17N7O2S. The number of aromatic nitrogens is 6. The van der Waals surface area contributed by atoms with Crippen LogP contribution < -0.4 is 15.7 Å². The monoisotopic (exact) mass is 311 g/mol. The molecule has 0 aliphatic carbocycles. The molecule has 2 aromatic heterocycles. The maximum Gasteiger partial charge on any atom is 0.343 e. The molecule has 0 spiro atoms. The second-order valence-corrected chi connectivity index (χ2v) is 5.23. The van der Waals surface area contributed by atoms with Crippen LogP contribution in [0.2, 0.25) is 0 Å². The van der Waals surface area contributed by atoms with Crippen LogP contribution in [0.3, 0.4) is 0 Å². The molecule has 0 unspecified atom stereocenters. The summed E-state index contributed by atoms with van der Waals surface area (Å²) in [5.74, 6) is 0.393. The molecule has 114 valence electrons. The smallest absolute Gasteiger partial charge is 0.343 e. The highest BCUT2D eigenvalue weighted by molar-refractivity contribution is 7.99. The van der Waals surface area contributed by atoms with E-state index >= 15 is 0 Å². The topological polar surface area (TPSA) is 111 Å². The van der Waals surface area contributed by atoms with Gasteiger partial charge in [0, 0.05) is 13.6 Å². The summed E-state index contributed by atoms with van der Waals surface area (Å²) in [7, 11) is 1.71. The molecule has 0 atom stereocenters. The minimum absolute atomic E-state index is 0.0471. The van der Waals surface area contributed by atoms with Crippen molar-refractivity contribution in [1.29, 1.82) is 0 Å². The van der Waals surface area contributed by atoms with Crippen LogP contribution in [0.1, 0.15) is 20.8 Å². The Bertz CT molecular complexity index is 667. The molecule has 0 amide bonds. The van der Waals surface area contributed by atoms with Gasteiger partial charge in [0.15, 0.2) is 5.16 Å². The zero-order chi connectivity index (χ0) is 15.4. The summed E-state index contributed by atoms with van der Waals surface area (Å²) in [6, 6.07) is 0.229. The van der Waals surface area contributed by atoms with Crippen molar-refractivity contribution in [1.82, 2.24) is 29.7 Å². The number of hydrogen-bond donors (Lipinski definition) is 2. The van der Waals surface area contributed by atoms with Crippen LogP contribution in [0.5, 0.6) is 6.01 Å². The Morgan fingerprint density at radius 3 is 2.76 bits per heavy atom. The predicted molar refractivity (Wildman–Crippen MR) is 77.8 cm³/mol. The fraction of sp³-hybridized carbons (Fsp3) is 0.545. The Labute approximate surface area is 125 Å². The van der Waals surface area contributed by atoms with E-state index in [4.69, 9.17) is 4.74 Å². The van der Waals surface area contributed by atoms with E-state index in [1.807, 2.05) is 20.8 Å². The lowest BCUT2D eigenvalue weighted by molar-refractivity contribution is 0.219. The molecule has 0 radical (unpaired) electrons. The van der Waals surface area contributed by atoms with E-state index in [0.29, 0.717) is 22.8 Å². The van der Waals surface area contributed by atoms with Gasteiger partial charge in [-0.1, -0.05) is 0 Å². The SMILES string of the molecule is CCn1c(Sc2nc(NC)nc(OC(C)C)n2)n[nH]c1=O. The summed E-state index contributed by atoms with van der Waals surface area (Å²) in [5, 5.41) is 10.1. The molecule has 10 heteroatoms. The standard InChI is InChI=1S/C11H17N7O2S/c1-5-18-10(19)16-17-11(18)21-9-14-7(12-4)13-8(15-9)20-6(2)3/h6H,5H2,1-4H3,(H,16,19)(H,12,13,14,15). The summed E-state index contributed by atoms with van der Waals surface area (Å²) in [5.41, 5.74) is -0.262. The summed E-state index contributed by atoms with van der Waals surface area (Å²) in [4.78, 5) is 24.1. The molecule has 2 aromatic rings. The molecule has 21 heavy (non-hydrogen) atoms. The highest BCUT2D eigenvalue weighted by Crippen LogP contribution is 2.23. The van der Waals surface area contributed by atoms with Crippen LogP contribution in [0.25, 0.3) is 0 Å². The van der Waals surface area contributed by atoms with Gasteiger partial charge in [-0.25, -0.2) is 9.89 Å². The molecule has 9 nitrogen and oxygen atoms in total. The second kappa shape index (κ2) is 6.57. The molecule has 0 aliphatic rings. The Morgan fingerprint density at radius 2 is 2.14 bits per heavy atom. The summed E-state index contributed by atoms with van der Waals surface area (Å²) >= 11 is 1.17. The summed E-state index contributed by atoms with van der Waals surface area (Å²) < 4.78 is 6.98. The van der Waals surface area contributed by atoms with Crippen molar-refractivity contribution in [3.05, 3.63) is 10.5 Å². The number of ether oxygens (including phenoxy) is 1. The lowest BCUT2D eigenvalue weighted by Gasteiger charge is -2.09. The second-order valence-electron chi connectivity index (χ2n) is 4.30. The first kappa shape index (κ1) is 15.3. The first-order chi connectivity index (χ1) is 10.0. The first-order valence-corrected chi connectivity index (χ1v) is 7.28. The fourth-order valence-corrected chi connectivity index (χ4v) is 2.33. The number of rotatable bonds is 6. The lowest BCUT2D eigenvalue weighted by atomic mass is 10.5. The van der Waals surface area contributed by atoms with Crippen molar-refractivity contribution < 1.29 is 4.74 Å². The van der Waals surface area contributed by atoms with Crippen LogP contribution >= 0.6 is 11.8 Å². The largest absolute Gasteiger partial charge is 0.461 e. The quantitative estimate of drug-likeness (QED) is 0.804. The van der Waals surface area contributed by atoms with Gasteiger partial charge in [-0.2, -0.15) is 15.0 Å². The van der Waals surface area contributed by atoms with Crippen molar-refractivity contribution in [3.8, 4) is 6.01 Å². The number of nitrogens with one attached hydrogen (secondary N) is 2. The molecular weight excluding hydrogens is 294 g/mol. The molecule has 2 N–H and O–H groups in total. The predicted octanol–water partition coefficient (Wildman–Crippen LogP) is 0.756. The minimum atomic E-state index is -0.262. The average Bonchev–Trinajstić information content (AvgIpc) is 2.77. The number of hydrogen-bond acceptors (Lipinski definition) is 8. The van der Waals surface area contributed by atoms with Crippen molar-refractivity contribution in [2.45, 2.75) is 43.7 Å². The zero-order valence-corrected chi connectivity index (χ0v) is 13.1. The van der Waals surface area contributed by atoms with E-state index < -0.39 is 0 Å². The number of anilines is 1. The molecule has 2 heterocycles. The van der Waals surface area contributed by atoms with Gasteiger partial charge in [-0.15, -0.1) is 5.10 Å². The van der Waals surface area contributed by atoms with E-state index in [2.05, 4.69) is 30.5 Å². The van der Waals surface area contributed by atoms with E-state index in [-0.39, 0.29) is 17.8 Å². The van der Waals surface area contributed by atoms with Gasteiger partial charge in [0.05, 0.1) is 6.10 Å². The maximum absolute atomic E-state index is 11.5. The molecule has 0 saturated heterocycles. The minimum Gasteiger partial charge on any atom is -0.461 e. The molecule has 0 fully saturated rings.